The van der Waals surface area contributed by atoms with Crippen LogP contribution in [-0.4, -0.2) is 74.9 Å². The minimum Gasteiger partial charge on any atom is -0.342 e. The normalized spacial score (nSPS) is 20.4. The summed E-state index contributed by atoms with van der Waals surface area (Å²) in [6, 6.07) is 7.02. The number of rotatable bonds is 3. The smallest absolute Gasteiger partial charge is 0.274 e. The topological polar surface area (TPSA) is 78.8 Å². The van der Waals surface area contributed by atoms with Crippen molar-refractivity contribution in [3.05, 3.63) is 51.8 Å². The minimum absolute atomic E-state index is 0.145. The molecule has 0 unspecified atom stereocenters. The van der Waals surface area contributed by atoms with Crippen LogP contribution in [0.15, 0.2) is 24.3 Å². The predicted molar refractivity (Wildman–Crippen MR) is 128 cm³/mol. The average Bonchev–Trinajstić information content (AvgIpc) is 3.51. The van der Waals surface area contributed by atoms with Gasteiger partial charge in [0.05, 0.1) is 23.0 Å². The fraction of sp³-hybridized carbons (Fsp3) is 0.520. The number of fused-ring (bicyclic) bond motifs is 1. The molecule has 9 heteroatoms. The van der Waals surface area contributed by atoms with Gasteiger partial charge < -0.3 is 14.7 Å². The highest BCUT2D eigenvalue weighted by Crippen LogP contribution is 2.28. The molecule has 2 fully saturated rings. The maximum absolute atomic E-state index is 13.6. The number of likely N-dealkylation sites (tertiary alicyclic amines) is 2. The van der Waals surface area contributed by atoms with E-state index >= 15 is 0 Å². The van der Waals surface area contributed by atoms with Gasteiger partial charge in [0.2, 0.25) is 5.91 Å². The van der Waals surface area contributed by atoms with Gasteiger partial charge in [0.25, 0.3) is 11.8 Å². The summed E-state index contributed by atoms with van der Waals surface area (Å²) in [5.74, 6) is -0.265. The number of carbonyl (C=O) groups is 3. The van der Waals surface area contributed by atoms with Crippen LogP contribution >= 0.6 is 11.6 Å². The van der Waals surface area contributed by atoms with Gasteiger partial charge in [0, 0.05) is 57.4 Å². The van der Waals surface area contributed by atoms with Crippen LogP contribution in [-0.2, 0) is 24.8 Å². The molecule has 1 aromatic carbocycles. The van der Waals surface area contributed by atoms with Crippen molar-refractivity contribution in [1.29, 1.82) is 0 Å². The molecule has 34 heavy (non-hydrogen) atoms. The zero-order valence-electron chi connectivity index (χ0n) is 19.5. The van der Waals surface area contributed by atoms with E-state index in [1.165, 1.54) is 0 Å². The zero-order chi connectivity index (χ0) is 23.8. The number of halogens is 1. The number of aromatic nitrogens is 2. The first-order valence-corrected chi connectivity index (χ1v) is 12.5. The second-order valence-corrected chi connectivity index (χ2v) is 9.88. The van der Waals surface area contributed by atoms with Crippen molar-refractivity contribution in [1.82, 2.24) is 24.5 Å². The molecule has 0 saturated carbocycles. The highest BCUT2D eigenvalue weighted by molar-refractivity contribution is 6.33. The predicted octanol–water partition coefficient (Wildman–Crippen LogP) is 2.75. The van der Waals surface area contributed by atoms with Gasteiger partial charge in [0.1, 0.15) is 0 Å². The van der Waals surface area contributed by atoms with Crippen molar-refractivity contribution in [2.75, 3.05) is 32.7 Å². The van der Waals surface area contributed by atoms with Crippen molar-refractivity contribution in [2.24, 2.45) is 13.0 Å². The first kappa shape index (κ1) is 22.9. The Bertz CT molecular complexity index is 1120. The molecule has 8 nitrogen and oxygen atoms in total. The van der Waals surface area contributed by atoms with Gasteiger partial charge in [0.15, 0.2) is 5.69 Å². The van der Waals surface area contributed by atoms with E-state index in [1.807, 2.05) is 11.9 Å². The maximum atomic E-state index is 13.6. The molecule has 0 radical (unpaired) electrons. The van der Waals surface area contributed by atoms with Gasteiger partial charge in [-0.2, -0.15) is 5.10 Å². The molecule has 0 spiro atoms. The SMILES string of the molecule is Cn1nc(C(=O)N2CCC[C@@H](C(=O)N3CCCC3)C2)c2c1CCN(C(=O)c1ccccc1Cl)C2. The van der Waals surface area contributed by atoms with Crippen LogP contribution in [0.4, 0.5) is 0 Å². The van der Waals surface area contributed by atoms with Crippen molar-refractivity contribution < 1.29 is 14.4 Å². The molecular formula is C25H30ClN5O3. The van der Waals surface area contributed by atoms with E-state index in [-0.39, 0.29) is 23.6 Å². The van der Waals surface area contributed by atoms with Crippen LogP contribution in [0.25, 0.3) is 0 Å². The highest BCUT2D eigenvalue weighted by Gasteiger charge is 2.36. The van der Waals surface area contributed by atoms with Gasteiger partial charge >= 0.3 is 0 Å². The lowest BCUT2D eigenvalue weighted by Gasteiger charge is -2.34. The molecule has 180 valence electrons. The van der Waals surface area contributed by atoms with Crippen LogP contribution in [0.5, 0.6) is 0 Å². The summed E-state index contributed by atoms with van der Waals surface area (Å²) in [6.45, 7) is 3.56. The Balaban J connectivity index is 1.34. The highest BCUT2D eigenvalue weighted by atomic mass is 35.5. The Hall–Kier alpha value is -2.87. The standard InChI is InChI=1S/C25H30ClN5O3/c1-28-21-10-14-31(24(33)18-8-2-3-9-20(18)26)16-19(21)22(27-28)25(34)30-13-6-7-17(15-30)23(32)29-11-4-5-12-29/h2-3,8-9,17H,4-7,10-16H2,1H3/t17-/m1/s1. The fourth-order valence-corrected chi connectivity index (χ4v) is 5.67. The van der Waals surface area contributed by atoms with Crippen molar-refractivity contribution in [3.8, 4) is 0 Å². The van der Waals surface area contributed by atoms with Gasteiger partial charge in [-0.3, -0.25) is 19.1 Å². The van der Waals surface area contributed by atoms with Gasteiger partial charge in [-0.25, -0.2) is 0 Å². The summed E-state index contributed by atoms with van der Waals surface area (Å²) in [5, 5.41) is 4.98. The third kappa shape index (κ3) is 4.19. The van der Waals surface area contributed by atoms with E-state index < -0.39 is 0 Å². The van der Waals surface area contributed by atoms with E-state index in [0.717, 1.165) is 50.0 Å². The molecular weight excluding hydrogens is 454 g/mol. The lowest BCUT2D eigenvalue weighted by atomic mass is 9.95. The third-order valence-corrected chi connectivity index (χ3v) is 7.64. The Kier molecular flexibility index (Phi) is 6.34. The second kappa shape index (κ2) is 9.41. The van der Waals surface area contributed by atoms with Crippen LogP contribution in [0.1, 0.15) is 57.8 Å². The van der Waals surface area contributed by atoms with E-state index in [1.54, 1.807) is 38.7 Å². The van der Waals surface area contributed by atoms with E-state index in [4.69, 9.17) is 11.6 Å². The van der Waals surface area contributed by atoms with E-state index in [2.05, 4.69) is 5.10 Å². The maximum Gasteiger partial charge on any atom is 0.274 e. The molecule has 3 aliphatic heterocycles. The number of benzene rings is 1. The van der Waals surface area contributed by atoms with Gasteiger partial charge in [-0.1, -0.05) is 23.7 Å². The van der Waals surface area contributed by atoms with Crippen molar-refractivity contribution in [3.63, 3.8) is 0 Å². The molecule has 1 aromatic heterocycles. The molecule has 2 saturated heterocycles. The molecule has 0 N–H and O–H groups in total. The number of hydrogen-bond acceptors (Lipinski definition) is 4. The number of hydrogen-bond donors (Lipinski definition) is 0. The summed E-state index contributed by atoms with van der Waals surface area (Å²) in [7, 11) is 1.84. The number of carbonyl (C=O) groups excluding carboxylic acids is 3. The van der Waals surface area contributed by atoms with Crippen molar-refractivity contribution in [2.45, 2.75) is 38.6 Å². The number of nitrogens with zero attached hydrogens (tertiary/aromatic N) is 5. The number of piperidine rings is 1. The van der Waals surface area contributed by atoms with Crippen LogP contribution in [0.3, 0.4) is 0 Å². The number of aryl methyl sites for hydroxylation is 1. The summed E-state index contributed by atoms with van der Waals surface area (Å²) < 4.78 is 1.76. The third-order valence-electron chi connectivity index (χ3n) is 7.31. The van der Waals surface area contributed by atoms with Gasteiger partial charge in [-0.05, 0) is 37.8 Å². The van der Waals surface area contributed by atoms with Crippen molar-refractivity contribution >= 4 is 29.3 Å². The first-order chi connectivity index (χ1) is 16.4. The summed E-state index contributed by atoms with van der Waals surface area (Å²) in [5.41, 5.74) is 2.63. The van der Waals surface area contributed by atoms with E-state index in [9.17, 15) is 14.4 Å². The Morgan fingerprint density at radius 1 is 0.941 bits per heavy atom. The molecule has 0 aliphatic carbocycles. The second-order valence-electron chi connectivity index (χ2n) is 9.48. The fourth-order valence-electron chi connectivity index (χ4n) is 5.45. The van der Waals surface area contributed by atoms with Crippen LogP contribution < -0.4 is 0 Å². The monoisotopic (exact) mass is 483 g/mol. The lowest BCUT2D eigenvalue weighted by Crippen LogP contribution is -2.46. The first-order valence-electron chi connectivity index (χ1n) is 12.1. The summed E-state index contributed by atoms with van der Waals surface area (Å²) >= 11 is 6.26. The molecule has 0 bridgehead atoms. The molecule has 5 rings (SSSR count). The minimum atomic E-state index is -0.150. The Morgan fingerprint density at radius 2 is 1.68 bits per heavy atom. The average molecular weight is 484 g/mol. The van der Waals surface area contributed by atoms with Gasteiger partial charge in [-0.15, -0.1) is 0 Å². The largest absolute Gasteiger partial charge is 0.342 e. The summed E-state index contributed by atoms with van der Waals surface area (Å²) in [6.07, 6.45) is 4.37. The number of amides is 3. The molecule has 1 atom stereocenters. The summed E-state index contributed by atoms with van der Waals surface area (Å²) in [4.78, 5) is 45.1. The van der Waals surface area contributed by atoms with Crippen LogP contribution in [0, 0.1) is 5.92 Å². The Morgan fingerprint density at radius 3 is 2.44 bits per heavy atom. The van der Waals surface area contributed by atoms with E-state index in [0.29, 0.717) is 48.9 Å². The lowest BCUT2D eigenvalue weighted by molar-refractivity contribution is -0.135. The molecule has 3 amide bonds. The van der Waals surface area contributed by atoms with Crippen LogP contribution in [0.2, 0.25) is 5.02 Å². The Labute approximate surface area is 204 Å². The molecule has 2 aromatic rings. The zero-order valence-corrected chi connectivity index (χ0v) is 20.3. The molecule has 4 heterocycles. The molecule has 3 aliphatic rings. The quantitative estimate of drug-likeness (QED) is 0.672.